The van der Waals surface area contributed by atoms with E-state index in [1.807, 2.05) is 0 Å². The first kappa shape index (κ1) is 10.4. The van der Waals surface area contributed by atoms with E-state index in [0.717, 1.165) is 32.4 Å². The van der Waals surface area contributed by atoms with Crippen molar-refractivity contribution in [2.24, 2.45) is 5.92 Å². The summed E-state index contributed by atoms with van der Waals surface area (Å²) < 4.78 is 0. The Hall–Kier alpha value is -0.120. The molecule has 0 aromatic heterocycles. The predicted octanol–water partition coefficient (Wildman–Crippen LogP) is 0.604. The van der Waals surface area contributed by atoms with Gasteiger partial charge in [-0.25, -0.2) is 0 Å². The number of likely N-dealkylation sites (tertiary alicyclic amines) is 1. The van der Waals surface area contributed by atoms with Gasteiger partial charge in [0.1, 0.15) is 0 Å². The van der Waals surface area contributed by atoms with Crippen LogP contribution in [0, 0.1) is 5.92 Å². The lowest BCUT2D eigenvalue weighted by Crippen LogP contribution is -2.38. The Morgan fingerprint density at radius 1 is 1.21 bits per heavy atom. The van der Waals surface area contributed by atoms with E-state index in [9.17, 15) is 5.11 Å². The molecule has 3 heteroatoms. The van der Waals surface area contributed by atoms with Crippen molar-refractivity contribution in [3.63, 3.8) is 0 Å². The molecule has 0 spiro atoms. The van der Waals surface area contributed by atoms with Crippen LogP contribution in [-0.2, 0) is 0 Å². The van der Waals surface area contributed by atoms with E-state index in [4.69, 9.17) is 5.11 Å². The van der Waals surface area contributed by atoms with Crippen LogP contribution in [-0.4, -0.2) is 47.0 Å². The van der Waals surface area contributed by atoms with Crippen LogP contribution in [0.3, 0.4) is 0 Å². The Labute approximate surface area is 85.7 Å². The molecular weight excluding hydrogens is 178 g/mol. The van der Waals surface area contributed by atoms with Crippen LogP contribution in [0.15, 0.2) is 0 Å². The second kappa shape index (κ2) is 4.60. The van der Waals surface area contributed by atoms with Crippen molar-refractivity contribution >= 4 is 0 Å². The fraction of sp³-hybridized carbons (Fsp3) is 1.00. The van der Waals surface area contributed by atoms with E-state index in [1.165, 1.54) is 12.8 Å². The Morgan fingerprint density at radius 2 is 2.07 bits per heavy atom. The van der Waals surface area contributed by atoms with Crippen LogP contribution in [0.5, 0.6) is 0 Å². The molecule has 0 bridgehead atoms. The summed E-state index contributed by atoms with van der Waals surface area (Å²) in [5, 5.41) is 18.6. The number of rotatable bonds is 3. The monoisotopic (exact) mass is 199 g/mol. The highest BCUT2D eigenvalue weighted by Gasteiger charge is 2.34. The molecule has 82 valence electrons. The van der Waals surface area contributed by atoms with Crippen molar-refractivity contribution in [2.45, 2.75) is 44.2 Å². The maximum atomic E-state index is 9.77. The topological polar surface area (TPSA) is 43.7 Å². The molecule has 2 N–H and O–H groups in total. The molecule has 1 saturated heterocycles. The number of hydrogen-bond acceptors (Lipinski definition) is 3. The quantitative estimate of drug-likeness (QED) is 0.699. The van der Waals surface area contributed by atoms with Gasteiger partial charge in [0.15, 0.2) is 0 Å². The van der Waals surface area contributed by atoms with Gasteiger partial charge in [0.2, 0.25) is 0 Å². The first-order valence-corrected chi connectivity index (χ1v) is 5.84. The average molecular weight is 199 g/mol. The fourth-order valence-electron chi connectivity index (χ4n) is 2.93. The van der Waals surface area contributed by atoms with Gasteiger partial charge in [-0.2, -0.15) is 0 Å². The van der Waals surface area contributed by atoms with Crippen LogP contribution in [0.25, 0.3) is 0 Å². The van der Waals surface area contributed by atoms with Crippen LogP contribution < -0.4 is 0 Å². The summed E-state index contributed by atoms with van der Waals surface area (Å²) in [6.07, 6.45) is 5.34. The zero-order valence-corrected chi connectivity index (χ0v) is 8.73. The van der Waals surface area contributed by atoms with Gasteiger partial charge in [0.05, 0.1) is 6.10 Å². The first-order chi connectivity index (χ1) is 6.81. The molecule has 2 aliphatic rings. The van der Waals surface area contributed by atoms with Crippen molar-refractivity contribution in [2.75, 3.05) is 19.7 Å². The normalized spacial score (nSPS) is 39.4. The lowest BCUT2D eigenvalue weighted by molar-refractivity contribution is 0.0822. The van der Waals surface area contributed by atoms with Gasteiger partial charge >= 0.3 is 0 Å². The van der Waals surface area contributed by atoms with Crippen LogP contribution in [0.1, 0.15) is 32.1 Å². The molecule has 1 saturated carbocycles. The van der Waals surface area contributed by atoms with E-state index in [2.05, 4.69) is 4.90 Å². The number of aliphatic hydroxyl groups is 2. The standard InChI is InChI=1S/C11H21NO2/c13-7-5-9-4-6-12(8-9)10-2-1-3-11(10)14/h9-11,13-14H,1-8H2/t9?,10-,11-/m1/s1. The Balaban J connectivity index is 1.82. The molecule has 0 aromatic rings. The third kappa shape index (κ3) is 2.10. The van der Waals surface area contributed by atoms with Crippen molar-refractivity contribution in [3.05, 3.63) is 0 Å². The van der Waals surface area contributed by atoms with Crippen LogP contribution >= 0.6 is 0 Å². The zero-order valence-electron chi connectivity index (χ0n) is 8.73. The largest absolute Gasteiger partial charge is 0.396 e. The molecule has 3 nitrogen and oxygen atoms in total. The molecule has 0 aromatic carbocycles. The summed E-state index contributed by atoms with van der Waals surface area (Å²) >= 11 is 0. The van der Waals surface area contributed by atoms with Crippen LogP contribution in [0.2, 0.25) is 0 Å². The van der Waals surface area contributed by atoms with E-state index >= 15 is 0 Å². The SMILES string of the molecule is OCCC1CCN([C@@H]2CCC[C@H]2O)C1. The minimum absolute atomic E-state index is 0.0946. The molecule has 1 unspecified atom stereocenters. The molecule has 0 amide bonds. The Bertz CT molecular complexity index is 186. The highest BCUT2D eigenvalue weighted by Crippen LogP contribution is 2.29. The third-order valence-electron chi connectivity index (χ3n) is 3.77. The molecule has 14 heavy (non-hydrogen) atoms. The van der Waals surface area contributed by atoms with Gasteiger partial charge in [-0.05, 0) is 44.6 Å². The van der Waals surface area contributed by atoms with Gasteiger partial charge < -0.3 is 10.2 Å². The van der Waals surface area contributed by atoms with Gasteiger partial charge in [-0.1, -0.05) is 0 Å². The van der Waals surface area contributed by atoms with Crippen molar-refractivity contribution in [1.82, 2.24) is 4.90 Å². The summed E-state index contributed by atoms with van der Waals surface area (Å²) in [6, 6.07) is 0.415. The number of aliphatic hydroxyl groups excluding tert-OH is 2. The molecule has 1 heterocycles. The maximum Gasteiger partial charge on any atom is 0.0695 e. The Morgan fingerprint density at radius 3 is 2.71 bits per heavy atom. The maximum absolute atomic E-state index is 9.77. The van der Waals surface area contributed by atoms with E-state index in [0.29, 0.717) is 18.6 Å². The third-order valence-corrected chi connectivity index (χ3v) is 3.77. The van der Waals surface area contributed by atoms with E-state index in [-0.39, 0.29) is 6.10 Å². The fourth-order valence-corrected chi connectivity index (χ4v) is 2.93. The summed E-state index contributed by atoms with van der Waals surface area (Å²) in [6.45, 7) is 2.51. The number of hydrogen-bond donors (Lipinski definition) is 2. The van der Waals surface area contributed by atoms with Crippen molar-refractivity contribution in [1.29, 1.82) is 0 Å². The second-order valence-corrected chi connectivity index (χ2v) is 4.73. The summed E-state index contributed by atoms with van der Waals surface area (Å²) in [7, 11) is 0. The van der Waals surface area contributed by atoms with Gasteiger partial charge in [0, 0.05) is 19.2 Å². The first-order valence-electron chi connectivity index (χ1n) is 5.84. The highest BCUT2D eigenvalue weighted by atomic mass is 16.3. The van der Waals surface area contributed by atoms with Gasteiger partial charge in [-0.15, -0.1) is 0 Å². The molecule has 1 aliphatic carbocycles. The molecule has 2 rings (SSSR count). The second-order valence-electron chi connectivity index (χ2n) is 4.73. The summed E-state index contributed by atoms with van der Waals surface area (Å²) in [5.74, 6) is 0.660. The Kier molecular flexibility index (Phi) is 3.42. The van der Waals surface area contributed by atoms with Gasteiger partial charge in [-0.3, -0.25) is 4.90 Å². The van der Waals surface area contributed by atoms with Gasteiger partial charge in [0.25, 0.3) is 0 Å². The van der Waals surface area contributed by atoms with Crippen molar-refractivity contribution < 1.29 is 10.2 Å². The molecule has 2 fully saturated rings. The summed E-state index contributed by atoms with van der Waals surface area (Å²) in [5.41, 5.74) is 0. The lowest BCUT2D eigenvalue weighted by atomic mass is 10.1. The minimum atomic E-state index is -0.0946. The highest BCUT2D eigenvalue weighted by molar-refractivity contribution is 4.89. The summed E-state index contributed by atoms with van der Waals surface area (Å²) in [4.78, 5) is 2.43. The molecule has 1 aliphatic heterocycles. The minimum Gasteiger partial charge on any atom is -0.396 e. The molecule has 3 atom stereocenters. The number of nitrogens with zero attached hydrogens (tertiary/aromatic N) is 1. The lowest BCUT2D eigenvalue weighted by Gasteiger charge is -2.26. The van der Waals surface area contributed by atoms with E-state index in [1.54, 1.807) is 0 Å². The molecular formula is C11H21NO2. The average Bonchev–Trinajstić information content (AvgIpc) is 2.74. The smallest absolute Gasteiger partial charge is 0.0695 e. The predicted molar refractivity (Wildman–Crippen MR) is 55.0 cm³/mol. The van der Waals surface area contributed by atoms with Crippen molar-refractivity contribution in [3.8, 4) is 0 Å². The molecule has 0 radical (unpaired) electrons. The zero-order chi connectivity index (χ0) is 9.97. The van der Waals surface area contributed by atoms with E-state index < -0.39 is 0 Å². The van der Waals surface area contributed by atoms with Crippen LogP contribution in [0.4, 0.5) is 0 Å².